The van der Waals surface area contributed by atoms with Crippen LogP contribution in [0, 0.1) is 5.92 Å². The summed E-state index contributed by atoms with van der Waals surface area (Å²) in [6.45, 7) is 2.24. The van der Waals surface area contributed by atoms with E-state index in [1.54, 1.807) is 0 Å². The van der Waals surface area contributed by atoms with E-state index < -0.39 is 0 Å². The summed E-state index contributed by atoms with van der Waals surface area (Å²) in [6.07, 6.45) is 5.45. The predicted molar refractivity (Wildman–Crippen MR) is 104 cm³/mol. The highest BCUT2D eigenvalue weighted by Crippen LogP contribution is 2.36. The highest BCUT2D eigenvalue weighted by Gasteiger charge is 2.44. The zero-order valence-corrected chi connectivity index (χ0v) is 15.6. The molecule has 2 nitrogen and oxygen atoms in total. The van der Waals surface area contributed by atoms with Crippen LogP contribution in [0.15, 0.2) is 60.7 Å². The number of piperidine rings is 1. The van der Waals surface area contributed by atoms with Gasteiger partial charge in [0.25, 0.3) is 0 Å². The molecule has 2 N–H and O–H groups in total. The number of unbranched alkanes of at least 4 members (excludes halogenated alkanes) is 2. The quantitative estimate of drug-likeness (QED) is 0.766. The van der Waals surface area contributed by atoms with Gasteiger partial charge in [-0.05, 0) is 6.42 Å². The van der Waals surface area contributed by atoms with Gasteiger partial charge >= 0.3 is 0 Å². The third-order valence-corrected chi connectivity index (χ3v) is 5.94. The van der Waals surface area contributed by atoms with Crippen LogP contribution >= 0.6 is 0 Å². The minimum atomic E-state index is -0.226. The molecule has 1 saturated heterocycles. The molecule has 0 aromatic heterocycles. The number of quaternary nitrogens is 1. The molecule has 0 saturated carbocycles. The standard InChI is InChI=1S/C23H31NO/c1-3-4-7-16-20-22(25)17-21(18-12-8-5-9-13-18)24(2)23(20)19-14-10-6-11-15-19/h5-6,8-15,20-23,25H,3-4,7,16-17H2,1-2H3/p+1/t20-,21-,22-,23-/m1/s1. The van der Waals surface area contributed by atoms with Crippen molar-refractivity contribution in [2.45, 2.75) is 57.2 Å². The summed E-state index contributed by atoms with van der Waals surface area (Å²) in [7, 11) is 2.31. The number of aliphatic hydroxyl groups excluding tert-OH is 1. The first-order chi connectivity index (χ1) is 12.2. The summed E-state index contributed by atoms with van der Waals surface area (Å²) in [4.78, 5) is 1.52. The van der Waals surface area contributed by atoms with Gasteiger partial charge in [0.2, 0.25) is 0 Å². The Morgan fingerprint density at radius 3 is 2.12 bits per heavy atom. The third-order valence-electron chi connectivity index (χ3n) is 5.94. The molecule has 25 heavy (non-hydrogen) atoms. The Hall–Kier alpha value is -1.64. The molecule has 2 aromatic carbocycles. The minimum absolute atomic E-state index is 0.226. The van der Waals surface area contributed by atoms with Crippen molar-refractivity contribution in [2.75, 3.05) is 7.05 Å². The monoisotopic (exact) mass is 338 g/mol. The fourth-order valence-electron chi connectivity index (χ4n) is 4.62. The van der Waals surface area contributed by atoms with Crippen molar-refractivity contribution in [3.05, 3.63) is 71.8 Å². The van der Waals surface area contributed by atoms with Gasteiger partial charge in [0.05, 0.1) is 13.2 Å². The number of rotatable bonds is 6. The average molecular weight is 339 g/mol. The highest BCUT2D eigenvalue weighted by atomic mass is 16.3. The average Bonchev–Trinajstić information content (AvgIpc) is 2.66. The summed E-state index contributed by atoms with van der Waals surface area (Å²) >= 11 is 0. The number of likely N-dealkylation sites (tertiary alicyclic amines) is 1. The summed E-state index contributed by atoms with van der Waals surface area (Å²) in [5, 5.41) is 11.0. The smallest absolute Gasteiger partial charge is 0.119 e. The molecule has 3 rings (SSSR count). The van der Waals surface area contributed by atoms with E-state index in [1.165, 1.54) is 35.3 Å². The van der Waals surface area contributed by atoms with Gasteiger partial charge in [-0.25, -0.2) is 0 Å². The van der Waals surface area contributed by atoms with Crippen LogP contribution in [-0.2, 0) is 0 Å². The zero-order valence-electron chi connectivity index (χ0n) is 15.6. The van der Waals surface area contributed by atoms with Gasteiger partial charge in [0.15, 0.2) is 0 Å². The van der Waals surface area contributed by atoms with Gasteiger partial charge in [0.1, 0.15) is 12.1 Å². The fourth-order valence-corrected chi connectivity index (χ4v) is 4.62. The number of hydrogen-bond acceptors (Lipinski definition) is 1. The largest absolute Gasteiger partial charge is 0.392 e. The van der Waals surface area contributed by atoms with Crippen LogP contribution in [0.2, 0.25) is 0 Å². The maximum atomic E-state index is 11.0. The SMILES string of the molecule is CCCCC[C@@H]1[C@H](O)C[C@H](c2ccccc2)[NH+](C)[C@@H]1c1ccccc1. The summed E-state index contributed by atoms with van der Waals surface area (Å²) < 4.78 is 0. The molecule has 1 aliphatic rings. The van der Waals surface area contributed by atoms with E-state index in [1.807, 2.05) is 0 Å². The first-order valence-corrected chi connectivity index (χ1v) is 9.83. The lowest BCUT2D eigenvalue weighted by atomic mass is 9.76. The molecule has 1 heterocycles. The lowest BCUT2D eigenvalue weighted by Crippen LogP contribution is -3.12. The number of benzene rings is 2. The summed E-state index contributed by atoms with van der Waals surface area (Å²) in [5.41, 5.74) is 2.70. The Bertz CT molecular complexity index is 627. The van der Waals surface area contributed by atoms with Gasteiger partial charge in [-0.2, -0.15) is 0 Å². The van der Waals surface area contributed by atoms with Crippen LogP contribution < -0.4 is 4.90 Å². The maximum Gasteiger partial charge on any atom is 0.119 e. The Morgan fingerprint density at radius 1 is 0.920 bits per heavy atom. The van der Waals surface area contributed by atoms with Crippen LogP contribution in [0.5, 0.6) is 0 Å². The molecule has 0 bridgehead atoms. The van der Waals surface area contributed by atoms with Crippen LogP contribution in [0.4, 0.5) is 0 Å². The Balaban J connectivity index is 1.90. The normalized spacial score (nSPS) is 29.5. The second kappa shape index (κ2) is 8.64. The van der Waals surface area contributed by atoms with Gasteiger partial charge in [-0.15, -0.1) is 0 Å². The Morgan fingerprint density at radius 2 is 1.52 bits per heavy atom. The molecule has 2 heteroatoms. The summed E-state index contributed by atoms with van der Waals surface area (Å²) in [5.74, 6) is 0.342. The van der Waals surface area contributed by atoms with Crippen molar-refractivity contribution >= 4 is 0 Å². The first kappa shape index (κ1) is 18.2. The van der Waals surface area contributed by atoms with Crippen molar-refractivity contribution in [1.29, 1.82) is 0 Å². The summed E-state index contributed by atoms with van der Waals surface area (Å²) in [6, 6.07) is 22.2. The Labute approximate surface area is 152 Å². The molecule has 0 aliphatic carbocycles. The molecule has 1 fully saturated rings. The van der Waals surface area contributed by atoms with E-state index in [0.29, 0.717) is 18.0 Å². The second-order valence-electron chi connectivity index (χ2n) is 7.56. The van der Waals surface area contributed by atoms with Crippen LogP contribution in [0.1, 0.15) is 62.2 Å². The van der Waals surface area contributed by atoms with Gasteiger partial charge in [-0.3, -0.25) is 0 Å². The molecule has 5 atom stereocenters. The number of aliphatic hydroxyl groups is 1. The van der Waals surface area contributed by atoms with E-state index in [9.17, 15) is 5.11 Å². The van der Waals surface area contributed by atoms with E-state index in [0.717, 1.165) is 12.8 Å². The van der Waals surface area contributed by atoms with E-state index in [4.69, 9.17) is 0 Å². The molecule has 1 unspecified atom stereocenters. The molecule has 0 radical (unpaired) electrons. The molecule has 0 spiro atoms. The molecule has 134 valence electrons. The van der Waals surface area contributed by atoms with Crippen molar-refractivity contribution < 1.29 is 10.0 Å². The lowest BCUT2D eigenvalue weighted by Gasteiger charge is -2.44. The maximum absolute atomic E-state index is 11.0. The van der Waals surface area contributed by atoms with Crippen molar-refractivity contribution in [3.63, 3.8) is 0 Å². The highest BCUT2D eigenvalue weighted by molar-refractivity contribution is 5.22. The number of hydrogen-bond donors (Lipinski definition) is 2. The van der Waals surface area contributed by atoms with E-state index in [2.05, 4.69) is 74.6 Å². The van der Waals surface area contributed by atoms with E-state index >= 15 is 0 Å². The second-order valence-corrected chi connectivity index (χ2v) is 7.56. The van der Waals surface area contributed by atoms with Crippen LogP contribution in [0.25, 0.3) is 0 Å². The molecular weight excluding hydrogens is 306 g/mol. The molecular formula is C23H32NO+. The fraction of sp³-hybridized carbons (Fsp3) is 0.478. The molecule has 1 aliphatic heterocycles. The van der Waals surface area contributed by atoms with E-state index in [-0.39, 0.29) is 6.10 Å². The van der Waals surface area contributed by atoms with Gasteiger partial charge in [-0.1, -0.05) is 86.8 Å². The predicted octanol–water partition coefficient (Wildman–Crippen LogP) is 3.94. The van der Waals surface area contributed by atoms with Crippen molar-refractivity contribution in [2.24, 2.45) is 5.92 Å². The van der Waals surface area contributed by atoms with Crippen LogP contribution in [-0.4, -0.2) is 18.3 Å². The topological polar surface area (TPSA) is 24.7 Å². The number of nitrogens with one attached hydrogen (secondary N) is 1. The Kier molecular flexibility index (Phi) is 6.28. The van der Waals surface area contributed by atoms with Crippen molar-refractivity contribution in [3.8, 4) is 0 Å². The molecule has 0 amide bonds. The third kappa shape index (κ3) is 4.13. The van der Waals surface area contributed by atoms with Gasteiger partial charge in [0, 0.05) is 23.5 Å². The zero-order chi connectivity index (χ0) is 17.6. The first-order valence-electron chi connectivity index (χ1n) is 9.83. The minimum Gasteiger partial charge on any atom is -0.392 e. The molecule has 2 aromatic rings. The van der Waals surface area contributed by atoms with Gasteiger partial charge < -0.3 is 10.0 Å². The van der Waals surface area contributed by atoms with Crippen LogP contribution in [0.3, 0.4) is 0 Å². The lowest BCUT2D eigenvalue weighted by molar-refractivity contribution is -0.955. The van der Waals surface area contributed by atoms with Crippen molar-refractivity contribution in [1.82, 2.24) is 0 Å².